The molecule has 0 aromatic heterocycles. The smallest absolute Gasteiger partial charge is 0.287 e. The molecule has 0 heterocycles. The number of amides is 2. The van der Waals surface area contributed by atoms with Crippen LogP contribution in [0.1, 0.15) is 21.5 Å². The monoisotopic (exact) mass is 490 g/mol. The number of nitrogens with one attached hydrogen (secondary N) is 2. The van der Waals surface area contributed by atoms with Gasteiger partial charge in [-0.2, -0.15) is 5.10 Å². The van der Waals surface area contributed by atoms with E-state index in [1.165, 1.54) is 20.3 Å². The minimum Gasteiger partial charge on any atom is -0.508 e. The van der Waals surface area contributed by atoms with Crippen LogP contribution in [0.2, 0.25) is 0 Å². The van der Waals surface area contributed by atoms with Gasteiger partial charge >= 0.3 is 0 Å². The fourth-order valence-electron chi connectivity index (χ4n) is 3.08. The Hall–Kier alpha value is -5.19. The first kappa shape index (κ1) is 25.4. The standard InChI is InChI=1S/C25H22N4O7/c1-35-22-11-8-16(13-23(22)36-2)12-20(27-24(31)17-6-4-3-5-7-17)25(32)28-26-15-18-14-19(30)9-10-21(18)29(33)34/h3-15,30H,1-2H3,(H,27,31)(H,28,32). The minimum absolute atomic E-state index is 0.0287. The largest absolute Gasteiger partial charge is 0.508 e. The SMILES string of the molecule is COc1ccc(C=C(NC(=O)c2ccccc2)C(=O)NN=Cc2cc(O)ccc2[N+](=O)[O-])cc1OC. The number of nitro groups is 1. The van der Waals surface area contributed by atoms with E-state index in [-0.39, 0.29) is 22.7 Å². The quantitative estimate of drug-likeness (QED) is 0.180. The van der Waals surface area contributed by atoms with Gasteiger partial charge in [0.25, 0.3) is 17.5 Å². The zero-order chi connectivity index (χ0) is 26.1. The van der Waals surface area contributed by atoms with Gasteiger partial charge in [-0.05, 0) is 48.0 Å². The summed E-state index contributed by atoms with van der Waals surface area (Å²) in [5.41, 5.74) is 2.57. The van der Waals surface area contributed by atoms with E-state index in [0.29, 0.717) is 22.6 Å². The van der Waals surface area contributed by atoms with Crippen LogP contribution in [0.4, 0.5) is 5.69 Å². The highest BCUT2D eigenvalue weighted by atomic mass is 16.6. The van der Waals surface area contributed by atoms with Crippen molar-refractivity contribution in [1.29, 1.82) is 0 Å². The summed E-state index contributed by atoms with van der Waals surface area (Å²) < 4.78 is 10.5. The normalized spacial score (nSPS) is 11.1. The van der Waals surface area contributed by atoms with Gasteiger partial charge in [0, 0.05) is 11.6 Å². The Balaban J connectivity index is 1.90. The van der Waals surface area contributed by atoms with E-state index in [2.05, 4.69) is 15.8 Å². The number of rotatable bonds is 9. The van der Waals surface area contributed by atoms with Crippen molar-refractivity contribution in [1.82, 2.24) is 10.7 Å². The van der Waals surface area contributed by atoms with Gasteiger partial charge in [-0.3, -0.25) is 19.7 Å². The lowest BCUT2D eigenvalue weighted by Crippen LogP contribution is -2.32. The van der Waals surface area contributed by atoms with Crippen molar-refractivity contribution in [3.05, 3.63) is 99.2 Å². The zero-order valence-electron chi connectivity index (χ0n) is 19.3. The molecule has 0 saturated carbocycles. The Morgan fingerprint density at radius 3 is 2.39 bits per heavy atom. The number of carbonyl (C=O) groups is 2. The van der Waals surface area contributed by atoms with Crippen LogP contribution in [-0.4, -0.2) is 42.3 Å². The molecule has 184 valence electrons. The lowest BCUT2D eigenvalue weighted by atomic mass is 10.1. The van der Waals surface area contributed by atoms with Crippen molar-refractivity contribution in [3.8, 4) is 17.2 Å². The molecule has 0 fully saturated rings. The Kier molecular flexibility index (Phi) is 8.33. The lowest BCUT2D eigenvalue weighted by molar-refractivity contribution is -0.385. The maximum absolute atomic E-state index is 12.9. The van der Waals surface area contributed by atoms with Crippen molar-refractivity contribution >= 4 is 29.8 Å². The molecular weight excluding hydrogens is 468 g/mol. The summed E-state index contributed by atoms with van der Waals surface area (Å²) in [5, 5.41) is 27.1. The molecule has 11 nitrogen and oxygen atoms in total. The molecule has 0 spiro atoms. The summed E-state index contributed by atoms with van der Waals surface area (Å²) in [6.45, 7) is 0. The topological polar surface area (TPSA) is 152 Å². The molecule has 36 heavy (non-hydrogen) atoms. The van der Waals surface area contributed by atoms with E-state index in [4.69, 9.17) is 9.47 Å². The lowest BCUT2D eigenvalue weighted by Gasteiger charge is -2.11. The molecule has 0 unspecified atom stereocenters. The number of hydrogen-bond donors (Lipinski definition) is 3. The van der Waals surface area contributed by atoms with E-state index >= 15 is 0 Å². The number of carbonyl (C=O) groups excluding carboxylic acids is 2. The summed E-state index contributed by atoms with van der Waals surface area (Å²) in [7, 11) is 2.95. The summed E-state index contributed by atoms with van der Waals surface area (Å²) in [5.74, 6) is -0.656. The van der Waals surface area contributed by atoms with Gasteiger partial charge in [-0.15, -0.1) is 0 Å². The molecule has 0 bridgehead atoms. The zero-order valence-corrected chi connectivity index (χ0v) is 19.3. The minimum atomic E-state index is -0.798. The molecule has 0 atom stereocenters. The van der Waals surface area contributed by atoms with Crippen LogP contribution in [-0.2, 0) is 4.79 Å². The van der Waals surface area contributed by atoms with Crippen LogP contribution >= 0.6 is 0 Å². The van der Waals surface area contributed by atoms with Crippen LogP contribution in [0.25, 0.3) is 6.08 Å². The van der Waals surface area contributed by atoms with Crippen LogP contribution in [0.5, 0.6) is 17.2 Å². The van der Waals surface area contributed by atoms with Gasteiger partial charge in [-0.1, -0.05) is 24.3 Å². The number of aromatic hydroxyl groups is 1. The third-order valence-corrected chi connectivity index (χ3v) is 4.82. The number of ether oxygens (including phenoxy) is 2. The Morgan fingerprint density at radius 1 is 1.00 bits per heavy atom. The van der Waals surface area contributed by atoms with Gasteiger partial charge in [0.05, 0.1) is 30.9 Å². The van der Waals surface area contributed by atoms with Crippen LogP contribution < -0.4 is 20.2 Å². The van der Waals surface area contributed by atoms with E-state index in [9.17, 15) is 24.8 Å². The second kappa shape index (κ2) is 11.8. The fraction of sp³-hybridized carbons (Fsp3) is 0.0800. The van der Waals surface area contributed by atoms with Crippen molar-refractivity contribution in [2.45, 2.75) is 0 Å². The van der Waals surface area contributed by atoms with Crippen molar-refractivity contribution in [2.75, 3.05) is 14.2 Å². The molecule has 0 radical (unpaired) electrons. The maximum Gasteiger partial charge on any atom is 0.287 e. The maximum atomic E-state index is 12.9. The van der Waals surface area contributed by atoms with Gasteiger partial charge in [0.1, 0.15) is 11.4 Å². The molecule has 3 aromatic rings. The molecule has 3 aromatic carbocycles. The van der Waals surface area contributed by atoms with E-state index in [1.807, 2.05) is 0 Å². The molecule has 0 aliphatic carbocycles. The summed E-state index contributed by atoms with van der Waals surface area (Å²) in [4.78, 5) is 36.2. The summed E-state index contributed by atoms with van der Waals surface area (Å²) in [6, 6.07) is 16.6. The highest BCUT2D eigenvalue weighted by Gasteiger charge is 2.16. The predicted octanol–water partition coefficient (Wildman–Crippen LogP) is 3.24. The summed E-state index contributed by atoms with van der Waals surface area (Å²) >= 11 is 0. The highest BCUT2D eigenvalue weighted by Crippen LogP contribution is 2.28. The Bertz CT molecular complexity index is 1340. The number of hydrogen-bond acceptors (Lipinski definition) is 8. The molecule has 2 amide bonds. The van der Waals surface area contributed by atoms with Crippen LogP contribution in [0.3, 0.4) is 0 Å². The van der Waals surface area contributed by atoms with E-state index in [1.54, 1.807) is 48.5 Å². The van der Waals surface area contributed by atoms with Gasteiger partial charge in [-0.25, -0.2) is 5.43 Å². The first-order valence-electron chi connectivity index (χ1n) is 10.4. The van der Waals surface area contributed by atoms with Crippen LogP contribution in [0.15, 0.2) is 77.5 Å². The average Bonchev–Trinajstić information content (AvgIpc) is 2.88. The Labute approximate surface area is 205 Å². The number of phenols is 1. The van der Waals surface area contributed by atoms with E-state index < -0.39 is 16.7 Å². The average molecular weight is 490 g/mol. The number of nitro benzene ring substituents is 1. The van der Waals surface area contributed by atoms with Crippen molar-refractivity contribution < 1.29 is 29.1 Å². The number of hydrazone groups is 1. The number of nitrogens with zero attached hydrogens (tertiary/aromatic N) is 2. The van der Waals surface area contributed by atoms with E-state index in [0.717, 1.165) is 24.4 Å². The van der Waals surface area contributed by atoms with Crippen molar-refractivity contribution in [2.24, 2.45) is 5.10 Å². The Morgan fingerprint density at radius 2 is 1.72 bits per heavy atom. The molecule has 11 heteroatoms. The molecule has 0 saturated heterocycles. The van der Waals surface area contributed by atoms with Gasteiger partial charge in [0.2, 0.25) is 0 Å². The number of benzene rings is 3. The third kappa shape index (κ3) is 6.44. The fourth-order valence-corrected chi connectivity index (χ4v) is 3.08. The first-order chi connectivity index (χ1) is 17.3. The second-order valence-electron chi connectivity index (χ2n) is 7.19. The molecule has 0 aliphatic heterocycles. The number of methoxy groups -OCH3 is 2. The molecule has 0 aliphatic rings. The molecular formula is C25H22N4O7. The number of phenolic OH excluding ortho intramolecular Hbond substituents is 1. The van der Waals surface area contributed by atoms with Gasteiger partial charge in [0.15, 0.2) is 11.5 Å². The highest BCUT2D eigenvalue weighted by molar-refractivity contribution is 6.05. The third-order valence-electron chi connectivity index (χ3n) is 4.82. The molecule has 3 N–H and O–H groups in total. The van der Waals surface area contributed by atoms with Crippen molar-refractivity contribution in [3.63, 3.8) is 0 Å². The summed E-state index contributed by atoms with van der Waals surface area (Å²) in [6.07, 6.45) is 2.42. The first-order valence-corrected chi connectivity index (χ1v) is 10.4. The molecule has 3 rings (SSSR count). The van der Waals surface area contributed by atoms with Gasteiger partial charge < -0.3 is 19.9 Å². The van der Waals surface area contributed by atoms with Crippen LogP contribution in [0, 0.1) is 10.1 Å². The second-order valence-corrected chi connectivity index (χ2v) is 7.19. The predicted molar refractivity (Wildman–Crippen MR) is 132 cm³/mol.